The van der Waals surface area contributed by atoms with Gasteiger partial charge in [0.2, 0.25) is 5.91 Å². The lowest BCUT2D eigenvalue weighted by Crippen LogP contribution is -2.33. The van der Waals surface area contributed by atoms with Crippen molar-refractivity contribution in [3.63, 3.8) is 0 Å². The van der Waals surface area contributed by atoms with Gasteiger partial charge in [-0.05, 0) is 39.3 Å². The number of ether oxygens (including phenoxy) is 1. The molecular weight excluding hydrogens is 372 g/mol. The Morgan fingerprint density at radius 2 is 2.07 bits per heavy atom. The molecule has 0 fully saturated rings. The van der Waals surface area contributed by atoms with E-state index in [-0.39, 0.29) is 11.9 Å². The molecule has 148 valence electrons. The summed E-state index contributed by atoms with van der Waals surface area (Å²) >= 11 is 1.47. The van der Waals surface area contributed by atoms with Crippen LogP contribution in [0.5, 0.6) is 5.75 Å². The van der Waals surface area contributed by atoms with Crippen LogP contribution < -0.4 is 10.1 Å². The number of carbonyl (C=O) groups excluding carboxylic acids is 1. The smallest absolute Gasteiger partial charge is 0.230 e. The average molecular weight is 399 g/mol. The molecule has 0 bridgehead atoms. The van der Waals surface area contributed by atoms with Crippen LogP contribution in [0.2, 0.25) is 0 Å². The first-order valence-corrected chi connectivity index (χ1v) is 10.4. The molecule has 0 saturated carbocycles. The summed E-state index contributed by atoms with van der Waals surface area (Å²) in [6, 6.07) is 10.0. The third-order valence-corrected chi connectivity index (χ3v) is 5.60. The molecular formula is C21H26N4O2S. The minimum Gasteiger partial charge on any atom is -0.496 e. The highest BCUT2D eigenvalue weighted by atomic mass is 32.2. The number of hydrogen-bond donors (Lipinski definition) is 1. The number of benzene rings is 1. The van der Waals surface area contributed by atoms with E-state index >= 15 is 0 Å². The zero-order valence-corrected chi connectivity index (χ0v) is 17.8. The maximum Gasteiger partial charge on any atom is 0.230 e. The van der Waals surface area contributed by atoms with Gasteiger partial charge in [0, 0.05) is 17.3 Å². The van der Waals surface area contributed by atoms with Crippen molar-refractivity contribution in [1.29, 1.82) is 0 Å². The molecule has 1 aromatic carbocycles. The molecule has 6 nitrogen and oxygen atoms in total. The van der Waals surface area contributed by atoms with Crippen molar-refractivity contribution >= 4 is 23.3 Å². The summed E-state index contributed by atoms with van der Waals surface area (Å²) in [7, 11) is 1.66. The normalized spacial score (nSPS) is 12.2. The number of nitrogens with zero attached hydrogens (tertiary/aromatic N) is 3. The van der Waals surface area contributed by atoms with Gasteiger partial charge in [-0.2, -0.15) is 5.10 Å². The van der Waals surface area contributed by atoms with Crippen LogP contribution in [0.1, 0.15) is 31.7 Å². The number of para-hydroxylation sites is 1. The van der Waals surface area contributed by atoms with Gasteiger partial charge in [-0.1, -0.05) is 36.9 Å². The lowest BCUT2D eigenvalue weighted by atomic mass is 10.1. The highest BCUT2D eigenvalue weighted by Gasteiger charge is 2.19. The monoisotopic (exact) mass is 398 g/mol. The van der Waals surface area contributed by atoms with Crippen molar-refractivity contribution in [2.24, 2.45) is 0 Å². The number of hydrogen-bond acceptors (Lipinski definition) is 5. The standard InChI is InChI=1S/C21H26N4O2S/c1-6-13(2)22-18(26)12-28-19-11-14(3)23-21-20(15(4)24-25(19)21)16-9-7-8-10-17(16)27-5/h7-11,13H,6,12H2,1-5H3,(H,22,26)/t13-/m1/s1. The number of methoxy groups -OCH3 is 1. The van der Waals surface area contributed by atoms with Crippen molar-refractivity contribution in [1.82, 2.24) is 19.9 Å². The molecule has 0 aliphatic heterocycles. The summed E-state index contributed by atoms with van der Waals surface area (Å²) in [6.07, 6.45) is 0.912. The Kier molecular flexibility index (Phi) is 6.24. The van der Waals surface area contributed by atoms with Gasteiger partial charge in [-0.15, -0.1) is 0 Å². The number of fused-ring (bicyclic) bond motifs is 1. The van der Waals surface area contributed by atoms with E-state index in [9.17, 15) is 4.79 Å². The van der Waals surface area contributed by atoms with Crippen LogP contribution in [0, 0.1) is 13.8 Å². The molecule has 0 unspecified atom stereocenters. The molecule has 1 N–H and O–H groups in total. The Bertz CT molecular complexity index is 999. The van der Waals surface area contributed by atoms with Crippen LogP contribution in [0.25, 0.3) is 16.8 Å². The van der Waals surface area contributed by atoms with E-state index in [1.165, 1.54) is 11.8 Å². The second-order valence-electron chi connectivity index (χ2n) is 6.80. The van der Waals surface area contributed by atoms with E-state index in [2.05, 4.69) is 12.2 Å². The Morgan fingerprint density at radius 3 is 2.79 bits per heavy atom. The van der Waals surface area contributed by atoms with Gasteiger partial charge < -0.3 is 10.1 Å². The maximum atomic E-state index is 12.2. The maximum absolute atomic E-state index is 12.2. The zero-order valence-electron chi connectivity index (χ0n) is 16.9. The molecule has 3 rings (SSSR count). The second-order valence-corrected chi connectivity index (χ2v) is 7.79. The van der Waals surface area contributed by atoms with Crippen molar-refractivity contribution in [3.05, 3.63) is 41.7 Å². The fourth-order valence-electron chi connectivity index (χ4n) is 3.04. The lowest BCUT2D eigenvalue weighted by Gasteiger charge is -2.12. The van der Waals surface area contributed by atoms with E-state index in [0.717, 1.165) is 45.4 Å². The quantitative estimate of drug-likeness (QED) is 0.481. The summed E-state index contributed by atoms with van der Waals surface area (Å²) in [5, 5.41) is 8.60. The van der Waals surface area contributed by atoms with Gasteiger partial charge in [-0.3, -0.25) is 4.79 Å². The van der Waals surface area contributed by atoms with Crippen LogP contribution >= 0.6 is 11.8 Å². The number of rotatable bonds is 7. The number of aryl methyl sites for hydroxylation is 2. The highest BCUT2D eigenvalue weighted by molar-refractivity contribution is 7.99. The molecule has 2 aromatic heterocycles. The van der Waals surface area contributed by atoms with Gasteiger partial charge in [0.15, 0.2) is 5.65 Å². The zero-order chi connectivity index (χ0) is 20.3. The first-order chi connectivity index (χ1) is 13.4. The molecule has 0 saturated heterocycles. The van der Waals surface area contributed by atoms with Crippen LogP contribution in [0.15, 0.2) is 35.4 Å². The lowest BCUT2D eigenvalue weighted by molar-refractivity contribution is -0.119. The molecule has 7 heteroatoms. The van der Waals surface area contributed by atoms with E-state index in [0.29, 0.717) is 5.75 Å². The summed E-state index contributed by atoms with van der Waals surface area (Å²) in [5.74, 6) is 1.15. The van der Waals surface area contributed by atoms with E-state index in [1.807, 2.05) is 55.6 Å². The largest absolute Gasteiger partial charge is 0.496 e. The number of aromatic nitrogens is 3. The Hall–Kier alpha value is -2.54. The van der Waals surface area contributed by atoms with Crippen LogP contribution in [-0.4, -0.2) is 39.4 Å². The van der Waals surface area contributed by atoms with Crippen LogP contribution in [0.3, 0.4) is 0 Å². The van der Waals surface area contributed by atoms with Gasteiger partial charge >= 0.3 is 0 Å². The SMILES string of the molecule is CC[C@@H](C)NC(=O)CSc1cc(C)nc2c(-c3ccccc3OC)c(C)nn12. The van der Waals surface area contributed by atoms with Gasteiger partial charge in [-0.25, -0.2) is 9.50 Å². The number of nitrogens with one attached hydrogen (secondary N) is 1. The molecule has 0 spiro atoms. The molecule has 1 atom stereocenters. The molecule has 2 heterocycles. The predicted octanol–water partition coefficient (Wildman–Crippen LogP) is 4.03. The average Bonchev–Trinajstić information content (AvgIpc) is 3.01. The Labute approximate surface area is 169 Å². The summed E-state index contributed by atoms with van der Waals surface area (Å²) in [6.45, 7) is 7.99. The van der Waals surface area contributed by atoms with Crippen molar-refractivity contribution < 1.29 is 9.53 Å². The topological polar surface area (TPSA) is 68.5 Å². The second kappa shape index (κ2) is 8.65. The Balaban J connectivity index is 2.00. The van der Waals surface area contributed by atoms with E-state index in [4.69, 9.17) is 14.8 Å². The van der Waals surface area contributed by atoms with E-state index < -0.39 is 0 Å². The Morgan fingerprint density at radius 1 is 1.32 bits per heavy atom. The third kappa shape index (κ3) is 4.14. The third-order valence-electron chi connectivity index (χ3n) is 4.61. The first kappa shape index (κ1) is 20.2. The van der Waals surface area contributed by atoms with Crippen molar-refractivity contribution in [3.8, 4) is 16.9 Å². The fraction of sp³-hybridized carbons (Fsp3) is 0.381. The summed E-state index contributed by atoms with van der Waals surface area (Å²) in [4.78, 5) is 16.9. The number of carbonyl (C=O) groups is 1. The molecule has 1 amide bonds. The number of amides is 1. The van der Waals surface area contributed by atoms with Crippen molar-refractivity contribution in [2.75, 3.05) is 12.9 Å². The predicted molar refractivity (Wildman–Crippen MR) is 113 cm³/mol. The first-order valence-electron chi connectivity index (χ1n) is 9.37. The van der Waals surface area contributed by atoms with Crippen LogP contribution in [0.4, 0.5) is 0 Å². The van der Waals surface area contributed by atoms with Crippen molar-refractivity contribution in [2.45, 2.75) is 45.2 Å². The fourth-order valence-corrected chi connectivity index (χ4v) is 3.90. The summed E-state index contributed by atoms with van der Waals surface area (Å²) < 4.78 is 7.36. The molecule has 0 aliphatic carbocycles. The molecule has 28 heavy (non-hydrogen) atoms. The molecule has 0 radical (unpaired) electrons. The minimum atomic E-state index is 0.0239. The highest BCUT2D eigenvalue weighted by Crippen LogP contribution is 2.35. The van der Waals surface area contributed by atoms with Gasteiger partial charge in [0.05, 0.1) is 24.1 Å². The van der Waals surface area contributed by atoms with E-state index in [1.54, 1.807) is 7.11 Å². The van der Waals surface area contributed by atoms with Gasteiger partial charge in [0.1, 0.15) is 10.8 Å². The molecule has 0 aliphatic rings. The molecule has 3 aromatic rings. The number of thioether (sulfide) groups is 1. The van der Waals surface area contributed by atoms with Crippen LogP contribution in [-0.2, 0) is 4.79 Å². The van der Waals surface area contributed by atoms with Gasteiger partial charge in [0.25, 0.3) is 0 Å². The summed E-state index contributed by atoms with van der Waals surface area (Å²) in [5.41, 5.74) is 4.43. The minimum absolute atomic E-state index is 0.0239.